The van der Waals surface area contributed by atoms with Crippen molar-refractivity contribution in [1.29, 1.82) is 0 Å². The van der Waals surface area contributed by atoms with Gasteiger partial charge in [0.25, 0.3) is 5.91 Å². The molecule has 4 rings (SSSR count). The van der Waals surface area contributed by atoms with Crippen LogP contribution in [0.2, 0.25) is 5.02 Å². The predicted molar refractivity (Wildman–Crippen MR) is 93.4 cm³/mol. The first kappa shape index (κ1) is 16.8. The molecule has 1 atom stereocenters. The maximum atomic E-state index is 14.4. The van der Waals surface area contributed by atoms with Gasteiger partial charge in [0.2, 0.25) is 0 Å². The Hall–Kier alpha value is -2.60. The maximum absolute atomic E-state index is 14.4. The van der Waals surface area contributed by atoms with Crippen LogP contribution in [-0.2, 0) is 0 Å². The zero-order valence-electron chi connectivity index (χ0n) is 14.0. The number of rotatable bonds is 3. The monoisotopic (exact) mass is 374 g/mol. The van der Waals surface area contributed by atoms with Gasteiger partial charge in [-0.25, -0.2) is 4.39 Å². The summed E-state index contributed by atoms with van der Waals surface area (Å²) in [5.74, 6) is 0.241. The molecule has 0 unspecified atom stereocenters. The van der Waals surface area contributed by atoms with E-state index in [1.165, 1.54) is 12.1 Å². The van der Waals surface area contributed by atoms with Crippen molar-refractivity contribution < 1.29 is 18.1 Å². The number of carbonyl (C=O) groups excluding carboxylic acids is 1. The quantitative estimate of drug-likeness (QED) is 0.646. The van der Waals surface area contributed by atoms with E-state index in [-0.39, 0.29) is 33.8 Å². The van der Waals surface area contributed by atoms with Gasteiger partial charge in [-0.15, -0.1) is 0 Å². The Bertz CT molecular complexity index is 932. The Balaban J connectivity index is 1.77. The Labute approximate surface area is 154 Å². The van der Waals surface area contributed by atoms with Gasteiger partial charge in [-0.1, -0.05) is 22.8 Å². The lowest BCUT2D eigenvalue weighted by Crippen LogP contribution is -2.31. The molecule has 0 saturated carbocycles. The molecule has 26 heavy (non-hydrogen) atoms. The van der Waals surface area contributed by atoms with Crippen LogP contribution in [0.3, 0.4) is 0 Å². The lowest BCUT2D eigenvalue weighted by Gasteiger charge is -2.23. The predicted octanol–water partition coefficient (Wildman–Crippen LogP) is 5.01. The molecule has 1 aliphatic rings. The molecule has 7 heteroatoms. The maximum Gasteiger partial charge on any atom is 0.260 e. The minimum atomic E-state index is -0.552. The highest BCUT2D eigenvalue weighted by atomic mass is 35.5. The normalized spacial score (nSPS) is 17.0. The molecular formula is C19H16ClFN2O3. The number of benzene rings is 1. The summed E-state index contributed by atoms with van der Waals surface area (Å²) in [6.45, 7) is 2.22. The average molecular weight is 375 g/mol. The van der Waals surface area contributed by atoms with E-state index in [0.29, 0.717) is 12.3 Å². The molecule has 5 nitrogen and oxygen atoms in total. The van der Waals surface area contributed by atoms with Crippen LogP contribution in [0, 0.1) is 12.7 Å². The number of carbonyl (C=O) groups is 1. The van der Waals surface area contributed by atoms with Crippen molar-refractivity contribution in [2.24, 2.45) is 0 Å². The molecule has 134 valence electrons. The van der Waals surface area contributed by atoms with Gasteiger partial charge in [0, 0.05) is 6.54 Å². The summed E-state index contributed by atoms with van der Waals surface area (Å²) < 4.78 is 25.1. The van der Waals surface area contributed by atoms with E-state index in [1.54, 1.807) is 30.2 Å². The number of aryl methyl sites for hydroxylation is 1. The van der Waals surface area contributed by atoms with Gasteiger partial charge >= 0.3 is 0 Å². The third-order valence-electron chi connectivity index (χ3n) is 4.66. The van der Waals surface area contributed by atoms with Crippen molar-refractivity contribution in [2.45, 2.75) is 25.8 Å². The number of hydrogen-bond acceptors (Lipinski definition) is 4. The van der Waals surface area contributed by atoms with Gasteiger partial charge in [0.15, 0.2) is 0 Å². The largest absolute Gasteiger partial charge is 0.467 e. The topological polar surface area (TPSA) is 59.5 Å². The first-order valence-corrected chi connectivity index (χ1v) is 8.70. The summed E-state index contributed by atoms with van der Waals surface area (Å²) in [7, 11) is 0. The molecular weight excluding hydrogens is 359 g/mol. The zero-order valence-corrected chi connectivity index (χ0v) is 14.8. The molecule has 3 heterocycles. The van der Waals surface area contributed by atoms with E-state index in [1.807, 2.05) is 6.07 Å². The number of aromatic nitrogens is 1. The lowest BCUT2D eigenvalue weighted by molar-refractivity contribution is 0.0719. The summed E-state index contributed by atoms with van der Waals surface area (Å²) >= 11 is 6.16. The highest BCUT2D eigenvalue weighted by molar-refractivity contribution is 6.33. The van der Waals surface area contributed by atoms with E-state index in [9.17, 15) is 9.18 Å². The second-order valence-corrected chi connectivity index (χ2v) is 6.64. The van der Waals surface area contributed by atoms with Crippen LogP contribution in [0.1, 0.15) is 40.8 Å². The fourth-order valence-corrected chi connectivity index (χ4v) is 3.70. The molecule has 1 saturated heterocycles. The number of furan rings is 1. The summed E-state index contributed by atoms with van der Waals surface area (Å²) in [4.78, 5) is 15.0. The number of halogens is 2. The highest BCUT2D eigenvalue weighted by Crippen LogP contribution is 2.38. The average Bonchev–Trinajstić information content (AvgIpc) is 3.34. The van der Waals surface area contributed by atoms with Gasteiger partial charge in [0.1, 0.15) is 28.6 Å². The number of amides is 1. The van der Waals surface area contributed by atoms with E-state index >= 15 is 0 Å². The molecule has 1 aromatic carbocycles. The molecule has 2 aromatic heterocycles. The number of nitrogens with zero attached hydrogens (tertiary/aromatic N) is 2. The van der Waals surface area contributed by atoms with Crippen LogP contribution >= 0.6 is 11.6 Å². The minimum absolute atomic E-state index is 0.0723. The van der Waals surface area contributed by atoms with Crippen LogP contribution in [0.5, 0.6) is 0 Å². The zero-order chi connectivity index (χ0) is 18.3. The molecule has 1 amide bonds. The van der Waals surface area contributed by atoms with Crippen molar-refractivity contribution in [3.05, 3.63) is 64.5 Å². The molecule has 0 radical (unpaired) electrons. The summed E-state index contributed by atoms with van der Waals surface area (Å²) in [5.41, 5.74) is 0.430. The van der Waals surface area contributed by atoms with Crippen molar-refractivity contribution >= 4 is 17.5 Å². The van der Waals surface area contributed by atoms with Crippen LogP contribution in [0.25, 0.3) is 11.3 Å². The summed E-state index contributed by atoms with van der Waals surface area (Å²) in [6, 6.07) is 7.83. The van der Waals surface area contributed by atoms with E-state index < -0.39 is 5.82 Å². The fourth-order valence-electron chi connectivity index (χ4n) is 3.45. The second kappa shape index (κ2) is 6.61. The van der Waals surface area contributed by atoms with Crippen LogP contribution in [0.4, 0.5) is 4.39 Å². The number of hydrogen-bond donors (Lipinski definition) is 0. The molecule has 0 N–H and O–H groups in total. The standard InChI is InChI=1S/C19H16ClFN2O3/c1-11-16(18(22-26-11)17-12(20)5-2-6-13(17)21)19(24)23-9-3-7-14(23)15-8-4-10-25-15/h2,4-6,8,10,14H,3,7,9H2,1H3/t14-/m0/s1. The third-order valence-corrected chi connectivity index (χ3v) is 4.98. The molecule has 1 aliphatic heterocycles. The lowest BCUT2D eigenvalue weighted by atomic mass is 10.0. The molecule has 3 aromatic rings. The van der Waals surface area contributed by atoms with Crippen LogP contribution in [-0.4, -0.2) is 22.5 Å². The Morgan fingerprint density at radius 2 is 2.19 bits per heavy atom. The first-order valence-electron chi connectivity index (χ1n) is 8.33. The van der Waals surface area contributed by atoms with Gasteiger partial charge < -0.3 is 13.8 Å². The Morgan fingerprint density at radius 1 is 1.35 bits per heavy atom. The van der Waals surface area contributed by atoms with Gasteiger partial charge in [-0.05, 0) is 44.0 Å². The Morgan fingerprint density at radius 3 is 2.92 bits per heavy atom. The molecule has 1 fully saturated rings. The Kier molecular flexibility index (Phi) is 4.28. The highest BCUT2D eigenvalue weighted by Gasteiger charge is 2.36. The van der Waals surface area contributed by atoms with Crippen molar-refractivity contribution in [3.63, 3.8) is 0 Å². The third kappa shape index (κ3) is 2.70. The van der Waals surface area contributed by atoms with E-state index in [0.717, 1.165) is 18.6 Å². The molecule has 0 spiro atoms. The van der Waals surface area contributed by atoms with E-state index in [2.05, 4.69) is 5.16 Å². The van der Waals surface area contributed by atoms with Gasteiger partial charge in [-0.3, -0.25) is 4.79 Å². The van der Waals surface area contributed by atoms with Gasteiger partial charge in [0.05, 0.1) is 22.9 Å². The fraction of sp³-hybridized carbons (Fsp3) is 0.263. The van der Waals surface area contributed by atoms with E-state index in [4.69, 9.17) is 20.5 Å². The van der Waals surface area contributed by atoms with Crippen molar-refractivity contribution in [1.82, 2.24) is 10.1 Å². The van der Waals surface area contributed by atoms with Gasteiger partial charge in [-0.2, -0.15) is 0 Å². The minimum Gasteiger partial charge on any atom is -0.467 e. The molecule has 0 bridgehead atoms. The van der Waals surface area contributed by atoms with Crippen molar-refractivity contribution in [3.8, 4) is 11.3 Å². The first-order chi connectivity index (χ1) is 12.6. The smallest absolute Gasteiger partial charge is 0.260 e. The molecule has 0 aliphatic carbocycles. The van der Waals surface area contributed by atoms with Crippen LogP contribution in [0.15, 0.2) is 45.5 Å². The summed E-state index contributed by atoms with van der Waals surface area (Å²) in [5, 5.41) is 4.09. The summed E-state index contributed by atoms with van der Waals surface area (Å²) in [6.07, 6.45) is 3.25. The number of likely N-dealkylation sites (tertiary alicyclic amines) is 1. The SMILES string of the molecule is Cc1onc(-c2c(F)cccc2Cl)c1C(=O)N1CCC[C@H]1c1ccco1. The van der Waals surface area contributed by atoms with Crippen molar-refractivity contribution in [2.75, 3.05) is 6.54 Å². The second-order valence-electron chi connectivity index (χ2n) is 6.23. The van der Waals surface area contributed by atoms with Crippen LogP contribution < -0.4 is 0 Å².